The van der Waals surface area contributed by atoms with E-state index in [-0.39, 0.29) is 0 Å². The SMILES string of the molecule is CC(NC(=O)C(N)C(C)O)C(=O)NC(C(=O)NC(C(=O)O)C(C)C)C(C)O. The first-order chi connectivity index (χ1) is 12.3. The molecule has 0 aliphatic carbocycles. The molecule has 156 valence electrons. The summed E-state index contributed by atoms with van der Waals surface area (Å²) in [5.74, 6) is -4.10. The van der Waals surface area contributed by atoms with Crippen LogP contribution < -0.4 is 21.7 Å². The molecule has 8 N–H and O–H groups in total. The summed E-state index contributed by atoms with van der Waals surface area (Å²) in [5, 5.41) is 35.0. The third-order valence-corrected chi connectivity index (χ3v) is 3.87. The Labute approximate surface area is 157 Å². The number of carboxylic acids is 1. The average molecular weight is 390 g/mol. The molecule has 0 saturated carbocycles. The van der Waals surface area contributed by atoms with E-state index < -0.39 is 66.0 Å². The molecule has 0 rings (SSSR count). The molecule has 27 heavy (non-hydrogen) atoms. The van der Waals surface area contributed by atoms with Crippen molar-refractivity contribution in [2.45, 2.75) is 71.0 Å². The third-order valence-electron chi connectivity index (χ3n) is 3.87. The molecule has 0 fully saturated rings. The van der Waals surface area contributed by atoms with Crippen molar-refractivity contribution in [1.29, 1.82) is 0 Å². The Bertz CT molecular complexity index is 551. The number of aliphatic hydroxyl groups excluding tert-OH is 2. The van der Waals surface area contributed by atoms with Crippen molar-refractivity contribution in [2.24, 2.45) is 11.7 Å². The van der Waals surface area contributed by atoms with Gasteiger partial charge in [0, 0.05) is 0 Å². The van der Waals surface area contributed by atoms with Gasteiger partial charge in [0.25, 0.3) is 0 Å². The van der Waals surface area contributed by atoms with Gasteiger partial charge in [0.2, 0.25) is 17.7 Å². The molecule has 0 aromatic heterocycles. The monoisotopic (exact) mass is 390 g/mol. The lowest BCUT2D eigenvalue weighted by Crippen LogP contribution is -2.60. The van der Waals surface area contributed by atoms with Gasteiger partial charge in [-0.1, -0.05) is 13.8 Å². The number of aliphatic carboxylic acids is 1. The second-order valence-electron chi connectivity index (χ2n) is 6.79. The van der Waals surface area contributed by atoms with Gasteiger partial charge in [0.05, 0.1) is 12.2 Å². The van der Waals surface area contributed by atoms with E-state index in [9.17, 15) is 29.4 Å². The molecule has 0 aliphatic rings. The van der Waals surface area contributed by atoms with Crippen LogP contribution in [0.2, 0.25) is 0 Å². The van der Waals surface area contributed by atoms with Crippen molar-refractivity contribution in [1.82, 2.24) is 16.0 Å². The maximum atomic E-state index is 12.3. The van der Waals surface area contributed by atoms with Crippen LogP contribution in [-0.4, -0.2) is 75.4 Å². The molecule has 0 bridgehead atoms. The second kappa shape index (κ2) is 10.8. The van der Waals surface area contributed by atoms with Crippen molar-refractivity contribution in [3.05, 3.63) is 0 Å². The zero-order valence-electron chi connectivity index (χ0n) is 16.1. The van der Waals surface area contributed by atoms with E-state index in [2.05, 4.69) is 16.0 Å². The van der Waals surface area contributed by atoms with E-state index in [0.717, 1.165) is 0 Å². The number of rotatable bonds is 10. The highest BCUT2D eigenvalue weighted by atomic mass is 16.4. The molecule has 3 amide bonds. The molecule has 0 radical (unpaired) electrons. The number of nitrogens with two attached hydrogens (primary N) is 1. The minimum Gasteiger partial charge on any atom is -0.480 e. The number of carbonyl (C=O) groups is 4. The number of amides is 3. The number of nitrogens with one attached hydrogen (secondary N) is 3. The highest BCUT2D eigenvalue weighted by molar-refractivity contribution is 5.94. The van der Waals surface area contributed by atoms with Gasteiger partial charge in [-0.05, 0) is 26.7 Å². The molecule has 0 saturated heterocycles. The van der Waals surface area contributed by atoms with Crippen LogP contribution >= 0.6 is 0 Å². The lowest BCUT2D eigenvalue weighted by atomic mass is 10.0. The minimum absolute atomic E-state index is 0.419. The van der Waals surface area contributed by atoms with Crippen molar-refractivity contribution in [3.63, 3.8) is 0 Å². The number of aliphatic hydroxyl groups is 2. The quantitative estimate of drug-likeness (QED) is 0.209. The predicted octanol–water partition coefficient (Wildman–Crippen LogP) is -2.71. The fraction of sp³-hybridized carbons (Fsp3) is 0.750. The first-order valence-corrected chi connectivity index (χ1v) is 8.55. The molecule has 11 heteroatoms. The van der Waals surface area contributed by atoms with Gasteiger partial charge < -0.3 is 37.0 Å². The van der Waals surface area contributed by atoms with E-state index in [1.54, 1.807) is 13.8 Å². The fourth-order valence-corrected chi connectivity index (χ4v) is 2.03. The highest BCUT2D eigenvalue weighted by Crippen LogP contribution is 2.04. The second-order valence-corrected chi connectivity index (χ2v) is 6.79. The summed E-state index contributed by atoms with van der Waals surface area (Å²) in [6.07, 6.45) is -2.45. The van der Waals surface area contributed by atoms with Gasteiger partial charge in [-0.2, -0.15) is 0 Å². The molecule has 0 aromatic carbocycles. The summed E-state index contributed by atoms with van der Waals surface area (Å²) in [4.78, 5) is 47.5. The molecule has 6 atom stereocenters. The normalized spacial score (nSPS) is 17.8. The fourth-order valence-electron chi connectivity index (χ4n) is 2.03. The molecule has 0 aliphatic heterocycles. The van der Waals surface area contributed by atoms with Crippen molar-refractivity contribution >= 4 is 23.7 Å². The topological polar surface area (TPSA) is 191 Å². The average Bonchev–Trinajstić information content (AvgIpc) is 2.54. The van der Waals surface area contributed by atoms with E-state index in [1.807, 2.05) is 0 Å². The molecule has 0 aromatic rings. The highest BCUT2D eigenvalue weighted by Gasteiger charge is 2.32. The zero-order valence-corrected chi connectivity index (χ0v) is 16.1. The maximum Gasteiger partial charge on any atom is 0.326 e. The number of carbonyl (C=O) groups excluding carboxylic acids is 3. The standard InChI is InChI=1S/C16H30N4O7/c1-6(2)11(16(26)27)19-15(25)12(9(5)22)20-13(23)7(3)18-14(24)10(17)8(4)21/h6-12,21-22H,17H2,1-5H3,(H,18,24)(H,19,25)(H,20,23)(H,26,27). The Kier molecular flexibility index (Phi) is 9.90. The van der Waals surface area contributed by atoms with Crippen LogP contribution in [0.5, 0.6) is 0 Å². The van der Waals surface area contributed by atoms with Crippen molar-refractivity contribution in [3.8, 4) is 0 Å². The van der Waals surface area contributed by atoms with Crippen LogP contribution in [0.25, 0.3) is 0 Å². The lowest BCUT2D eigenvalue weighted by Gasteiger charge is -2.26. The molecule has 0 heterocycles. The molecular formula is C16H30N4O7. The smallest absolute Gasteiger partial charge is 0.326 e. The van der Waals surface area contributed by atoms with Gasteiger partial charge in [-0.15, -0.1) is 0 Å². The predicted molar refractivity (Wildman–Crippen MR) is 95.3 cm³/mol. The Hall–Kier alpha value is -2.24. The zero-order chi connectivity index (χ0) is 21.5. The van der Waals surface area contributed by atoms with E-state index in [4.69, 9.17) is 10.8 Å². The van der Waals surface area contributed by atoms with E-state index in [1.165, 1.54) is 20.8 Å². The first kappa shape index (κ1) is 24.8. The Morgan fingerprint density at radius 1 is 0.741 bits per heavy atom. The summed E-state index contributed by atoms with van der Waals surface area (Å²) in [6.45, 7) is 7.09. The summed E-state index contributed by atoms with van der Waals surface area (Å²) < 4.78 is 0. The van der Waals surface area contributed by atoms with Crippen LogP contribution in [0.1, 0.15) is 34.6 Å². The van der Waals surface area contributed by atoms with Crippen LogP contribution in [0.3, 0.4) is 0 Å². The number of hydrogen-bond acceptors (Lipinski definition) is 7. The summed E-state index contributed by atoms with van der Waals surface area (Å²) in [6, 6.07) is -4.98. The Morgan fingerprint density at radius 2 is 1.22 bits per heavy atom. The van der Waals surface area contributed by atoms with Gasteiger partial charge in [-0.3, -0.25) is 14.4 Å². The molecule has 6 unspecified atom stereocenters. The van der Waals surface area contributed by atoms with Crippen molar-refractivity contribution in [2.75, 3.05) is 0 Å². The van der Waals surface area contributed by atoms with Crippen LogP contribution in [0, 0.1) is 5.92 Å². The molecule has 0 spiro atoms. The molecular weight excluding hydrogens is 360 g/mol. The van der Waals surface area contributed by atoms with Crippen LogP contribution in [0.4, 0.5) is 0 Å². The number of hydrogen-bond donors (Lipinski definition) is 7. The Balaban J connectivity index is 5.03. The third kappa shape index (κ3) is 7.89. The van der Waals surface area contributed by atoms with Gasteiger partial charge in [0.15, 0.2) is 0 Å². The lowest BCUT2D eigenvalue weighted by molar-refractivity contribution is -0.144. The summed E-state index contributed by atoms with van der Waals surface area (Å²) >= 11 is 0. The summed E-state index contributed by atoms with van der Waals surface area (Å²) in [7, 11) is 0. The van der Waals surface area contributed by atoms with Crippen LogP contribution in [0.15, 0.2) is 0 Å². The van der Waals surface area contributed by atoms with Crippen LogP contribution in [-0.2, 0) is 19.2 Å². The van der Waals surface area contributed by atoms with E-state index >= 15 is 0 Å². The number of carboxylic acid groups (broad SMARTS) is 1. The molecule has 11 nitrogen and oxygen atoms in total. The van der Waals surface area contributed by atoms with Gasteiger partial charge in [-0.25, -0.2) is 4.79 Å². The maximum absolute atomic E-state index is 12.3. The van der Waals surface area contributed by atoms with Gasteiger partial charge >= 0.3 is 5.97 Å². The van der Waals surface area contributed by atoms with Gasteiger partial charge in [0.1, 0.15) is 24.2 Å². The minimum atomic E-state index is -1.43. The van der Waals surface area contributed by atoms with E-state index in [0.29, 0.717) is 0 Å². The van der Waals surface area contributed by atoms with Crippen molar-refractivity contribution < 1.29 is 34.5 Å². The first-order valence-electron chi connectivity index (χ1n) is 8.55. The Morgan fingerprint density at radius 3 is 1.59 bits per heavy atom. The summed E-state index contributed by atoms with van der Waals surface area (Å²) in [5.41, 5.74) is 5.46. The largest absolute Gasteiger partial charge is 0.480 e.